The topological polar surface area (TPSA) is 0 Å². The van der Waals surface area contributed by atoms with Gasteiger partial charge < -0.3 is 0 Å². The Hall–Kier alpha value is -0.260. The van der Waals surface area contributed by atoms with Gasteiger partial charge in [-0.2, -0.15) is 0 Å². The van der Waals surface area contributed by atoms with Crippen molar-refractivity contribution in [3.05, 3.63) is 11.6 Å². The summed E-state index contributed by atoms with van der Waals surface area (Å²) >= 11 is 0. The van der Waals surface area contributed by atoms with Crippen LogP contribution in [0.3, 0.4) is 0 Å². The second-order valence-corrected chi connectivity index (χ2v) is 3.29. The quantitative estimate of drug-likeness (QED) is 0.435. The van der Waals surface area contributed by atoms with Gasteiger partial charge in [-0.15, -0.1) is 0 Å². The van der Waals surface area contributed by atoms with Crippen molar-refractivity contribution in [2.45, 2.75) is 33.6 Å². The van der Waals surface area contributed by atoms with Crippen LogP contribution in [0.25, 0.3) is 0 Å². The maximum Gasteiger partial charge on any atom is -0.0209 e. The molecule has 0 nitrogen and oxygen atoms in total. The summed E-state index contributed by atoms with van der Waals surface area (Å²) in [6, 6.07) is 0. The van der Waals surface area contributed by atoms with E-state index < -0.39 is 0 Å². The summed E-state index contributed by atoms with van der Waals surface area (Å²) in [5.41, 5.74) is 1.59. The first-order valence-electron chi connectivity index (χ1n) is 3.88. The highest BCUT2D eigenvalue weighted by molar-refractivity contribution is 5.06. The normalized spacial score (nSPS) is 36.1. The van der Waals surface area contributed by atoms with E-state index >= 15 is 0 Å². The van der Waals surface area contributed by atoms with E-state index in [4.69, 9.17) is 0 Å². The van der Waals surface area contributed by atoms with Crippen molar-refractivity contribution in [2.24, 2.45) is 11.8 Å². The van der Waals surface area contributed by atoms with E-state index in [0.717, 1.165) is 11.8 Å². The Morgan fingerprint density at radius 1 is 1.44 bits per heavy atom. The van der Waals surface area contributed by atoms with Crippen LogP contribution in [0.4, 0.5) is 0 Å². The highest BCUT2D eigenvalue weighted by Crippen LogP contribution is 2.28. The molecule has 0 spiro atoms. The van der Waals surface area contributed by atoms with Crippen LogP contribution >= 0.6 is 0 Å². The first-order valence-corrected chi connectivity index (χ1v) is 3.88. The molecule has 2 atom stereocenters. The summed E-state index contributed by atoms with van der Waals surface area (Å²) in [6.45, 7) is 6.93. The van der Waals surface area contributed by atoms with Gasteiger partial charge in [0.25, 0.3) is 0 Å². The number of hydrogen-bond donors (Lipinski definition) is 0. The summed E-state index contributed by atoms with van der Waals surface area (Å²) in [5, 5.41) is 0. The maximum absolute atomic E-state index is 2.38. The molecule has 0 fully saturated rings. The van der Waals surface area contributed by atoms with Crippen LogP contribution in [0.1, 0.15) is 33.6 Å². The van der Waals surface area contributed by atoms with Crippen LogP contribution in [-0.2, 0) is 0 Å². The third-order valence-corrected chi connectivity index (χ3v) is 2.66. The Morgan fingerprint density at radius 2 is 2.11 bits per heavy atom. The van der Waals surface area contributed by atoms with Gasteiger partial charge in [-0.05, 0) is 31.6 Å². The third kappa shape index (κ3) is 1.35. The summed E-state index contributed by atoms with van der Waals surface area (Å²) in [5.74, 6) is 1.74. The highest BCUT2D eigenvalue weighted by atomic mass is 14.2. The summed E-state index contributed by atoms with van der Waals surface area (Å²) in [6.07, 6.45) is 5.07. The molecule has 1 rings (SSSR count). The molecule has 0 aromatic heterocycles. The lowest BCUT2D eigenvalue weighted by atomic mass is 9.82. The molecule has 0 heteroatoms. The van der Waals surface area contributed by atoms with E-state index in [-0.39, 0.29) is 0 Å². The zero-order chi connectivity index (χ0) is 6.85. The second-order valence-electron chi connectivity index (χ2n) is 3.29. The summed E-state index contributed by atoms with van der Waals surface area (Å²) in [7, 11) is 0. The molecule has 1 aliphatic rings. The Bertz CT molecular complexity index is 122. The van der Waals surface area contributed by atoms with Crippen molar-refractivity contribution in [3.8, 4) is 0 Å². The van der Waals surface area contributed by atoms with Gasteiger partial charge >= 0.3 is 0 Å². The lowest BCUT2D eigenvalue weighted by Gasteiger charge is -2.24. The molecular formula is C9H16. The van der Waals surface area contributed by atoms with Crippen molar-refractivity contribution in [2.75, 3.05) is 0 Å². The molecule has 0 radical (unpaired) electrons. The van der Waals surface area contributed by atoms with Crippen molar-refractivity contribution in [1.82, 2.24) is 0 Å². The van der Waals surface area contributed by atoms with Crippen molar-refractivity contribution >= 4 is 0 Å². The van der Waals surface area contributed by atoms with Crippen LogP contribution in [-0.4, -0.2) is 0 Å². The summed E-state index contributed by atoms with van der Waals surface area (Å²) in [4.78, 5) is 0. The van der Waals surface area contributed by atoms with Gasteiger partial charge in [0.1, 0.15) is 0 Å². The monoisotopic (exact) mass is 124 g/mol. The SMILES string of the molecule is CC1=CCCC(C)[C@H]1C. The van der Waals surface area contributed by atoms with Crippen molar-refractivity contribution < 1.29 is 0 Å². The molecular weight excluding hydrogens is 108 g/mol. The highest BCUT2D eigenvalue weighted by Gasteiger charge is 2.16. The smallest absolute Gasteiger partial charge is 0.0209 e. The zero-order valence-corrected chi connectivity index (χ0v) is 6.65. The molecule has 0 bridgehead atoms. The van der Waals surface area contributed by atoms with Crippen LogP contribution in [0.5, 0.6) is 0 Å². The summed E-state index contributed by atoms with van der Waals surface area (Å²) < 4.78 is 0. The van der Waals surface area contributed by atoms with E-state index in [1.807, 2.05) is 0 Å². The van der Waals surface area contributed by atoms with Gasteiger partial charge in [0.2, 0.25) is 0 Å². The molecule has 0 aliphatic heterocycles. The van der Waals surface area contributed by atoms with E-state index in [9.17, 15) is 0 Å². The predicted molar refractivity (Wildman–Crippen MR) is 41.3 cm³/mol. The third-order valence-electron chi connectivity index (χ3n) is 2.66. The van der Waals surface area contributed by atoms with E-state index in [1.165, 1.54) is 12.8 Å². The predicted octanol–water partition coefficient (Wildman–Crippen LogP) is 3.00. The van der Waals surface area contributed by atoms with Crippen molar-refractivity contribution in [1.29, 1.82) is 0 Å². The average molecular weight is 124 g/mol. The Kier molecular flexibility index (Phi) is 1.94. The Balaban J connectivity index is 2.62. The van der Waals surface area contributed by atoms with Crippen LogP contribution in [0.2, 0.25) is 0 Å². The lowest BCUT2D eigenvalue weighted by Crippen LogP contribution is -2.12. The minimum atomic E-state index is 0.832. The van der Waals surface area contributed by atoms with Crippen LogP contribution in [0, 0.1) is 11.8 Å². The Labute approximate surface area is 58.0 Å². The molecule has 0 N–H and O–H groups in total. The first kappa shape index (κ1) is 6.85. The van der Waals surface area contributed by atoms with Gasteiger partial charge in [-0.25, -0.2) is 0 Å². The number of rotatable bonds is 0. The average Bonchev–Trinajstić information content (AvgIpc) is 1.83. The molecule has 52 valence electrons. The molecule has 0 saturated carbocycles. The molecule has 1 aliphatic carbocycles. The molecule has 0 aromatic carbocycles. The molecule has 0 heterocycles. The molecule has 9 heavy (non-hydrogen) atoms. The molecule has 0 aromatic rings. The van der Waals surface area contributed by atoms with Gasteiger partial charge in [0.05, 0.1) is 0 Å². The first-order chi connectivity index (χ1) is 4.22. The van der Waals surface area contributed by atoms with Gasteiger partial charge in [-0.3, -0.25) is 0 Å². The largest absolute Gasteiger partial charge is 0.0853 e. The minimum Gasteiger partial charge on any atom is -0.0853 e. The Morgan fingerprint density at radius 3 is 2.56 bits per heavy atom. The molecule has 0 amide bonds. The fourth-order valence-electron chi connectivity index (χ4n) is 1.46. The lowest BCUT2D eigenvalue weighted by molar-refractivity contribution is 0.393. The van der Waals surface area contributed by atoms with E-state index in [0.29, 0.717) is 0 Å². The van der Waals surface area contributed by atoms with E-state index in [1.54, 1.807) is 5.57 Å². The second kappa shape index (κ2) is 2.55. The standard InChI is InChI=1S/C9H16/c1-7-5-4-6-8(2)9(7)3/h5,8-9H,4,6H2,1-3H3/t8?,9-/m0/s1. The molecule has 1 unspecified atom stereocenters. The fraction of sp³-hybridized carbons (Fsp3) is 0.778. The number of hydrogen-bond acceptors (Lipinski definition) is 0. The fourth-order valence-corrected chi connectivity index (χ4v) is 1.46. The maximum atomic E-state index is 2.38. The van der Waals surface area contributed by atoms with Gasteiger partial charge in [-0.1, -0.05) is 25.5 Å². The van der Waals surface area contributed by atoms with Gasteiger partial charge in [0.15, 0.2) is 0 Å². The number of allylic oxidation sites excluding steroid dienone is 2. The van der Waals surface area contributed by atoms with Crippen molar-refractivity contribution in [3.63, 3.8) is 0 Å². The minimum absolute atomic E-state index is 0.832. The molecule has 0 saturated heterocycles. The van der Waals surface area contributed by atoms with E-state index in [2.05, 4.69) is 26.8 Å². The van der Waals surface area contributed by atoms with Crippen LogP contribution in [0.15, 0.2) is 11.6 Å². The zero-order valence-electron chi connectivity index (χ0n) is 6.65. The van der Waals surface area contributed by atoms with Gasteiger partial charge in [0, 0.05) is 0 Å². The van der Waals surface area contributed by atoms with Crippen LogP contribution < -0.4 is 0 Å².